The van der Waals surface area contributed by atoms with E-state index in [2.05, 4.69) is 24.8 Å². The van der Waals surface area contributed by atoms with Crippen LogP contribution in [0.5, 0.6) is 0 Å². The SMILES string of the molecule is O=C1CCCN1c1cnn(C2CN(Cc3nnc4n3CCC4)C2)c1. The molecule has 24 heavy (non-hydrogen) atoms. The molecule has 0 atom stereocenters. The Morgan fingerprint density at radius 3 is 2.83 bits per heavy atom. The van der Waals surface area contributed by atoms with E-state index in [1.807, 2.05) is 22.0 Å². The fraction of sp³-hybridized carbons (Fsp3) is 0.625. The summed E-state index contributed by atoms with van der Waals surface area (Å²) in [5, 5.41) is 13.1. The number of nitrogens with zero attached hydrogens (tertiary/aromatic N) is 7. The van der Waals surface area contributed by atoms with Gasteiger partial charge in [-0.3, -0.25) is 14.4 Å². The minimum absolute atomic E-state index is 0.213. The lowest BCUT2D eigenvalue weighted by molar-refractivity contribution is -0.117. The molecule has 5 heterocycles. The molecule has 126 valence electrons. The van der Waals surface area contributed by atoms with Crippen LogP contribution in [-0.4, -0.2) is 55.0 Å². The fourth-order valence-corrected chi connectivity index (χ4v) is 3.95. The molecular formula is C16H21N7O. The monoisotopic (exact) mass is 327 g/mol. The Morgan fingerprint density at radius 1 is 1.12 bits per heavy atom. The van der Waals surface area contributed by atoms with E-state index in [0.717, 1.165) is 62.9 Å². The zero-order valence-corrected chi connectivity index (χ0v) is 13.6. The second-order valence-electron chi connectivity index (χ2n) is 6.96. The van der Waals surface area contributed by atoms with Crippen molar-refractivity contribution in [2.75, 3.05) is 24.5 Å². The normalized spacial score (nSPS) is 21.5. The van der Waals surface area contributed by atoms with Crippen LogP contribution in [0.15, 0.2) is 12.4 Å². The minimum Gasteiger partial charge on any atom is -0.314 e. The van der Waals surface area contributed by atoms with Gasteiger partial charge in [0.05, 0.1) is 24.5 Å². The molecule has 0 saturated carbocycles. The molecule has 5 rings (SSSR count). The summed E-state index contributed by atoms with van der Waals surface area (Å²) < 4.78 is 4.27. The molecule has 8 nitrogen and oxygen atoms in total. The van der Waals surface area contributed by atoms with Gasteiger partial charge in [0.2, 0.25) is 5.91 Å². The van der Waals surface area contributed by atoms with Crippen molar-refractivity contribution >= 4 is 11.6 Å². The number of fused-ring (bicyclic) bond motifs is 1. The smallest absolute Gasteiger partial charge is 0.227 e. The summed E-state index contributed by atoms with van der Waals surface area (Å²) in [4.78, 5) is 16.0. The van der Waals surface area contributed by atoms with Gasteiger partial charge in [0.15, 0.2) is 0 Å². The van der Waals surface area contributed by atoms with Crippen molar-refractivity contribution in [3.8, 4) is 0 Å². The highest BCUT2D eigenvalue weighted by atomic mass is 16.2. The number of rotatable bonds is 4. The highest BCUT2D eigenvalue weighted by molar-refractivity contribution is 5.95. The Labute approximate surface area is 140 Å². The Kier molecular flexibility index (Phi) is 3.19. The third-order valence-electron chi connectivity index (χ3n) is 5.34. The van der Waals surface area contributed by atoms with Gasteiger partial charge in [-0.1, -0.05) is 0 Å². The Balaban J connectivity index is 1.21. The number of aryl methyl sites for hydroxylation is 1. The molecule has 2 aromatic rings. The number of likely N-dealkylation sites (tertiary alicyclic amines) is 1. The van der Waals surface area contributed by atoms with E-state index in [1.165, 1.54) is 6.42 Å². The van der Waals surface area contributed by atoms with Gasteiger partial charge in [-0.25, -0.2) is 0 Å². The van der Waals surface area contributed by atoms with E-state index in [1.54, 1.807) is 0 Å². The maximum atomic E-state index is 11.8. The summed E-state index contributed by atoms with van der Waals surface area (Å²) >= 11 is 0. The topological polar surface area (TPSA) is 72.1 Å². The molecular weight excluding hydrogens is 306 g/mol. The van der Waals surface area contributed by atoms with E-state index >= 15 is 0 Å². The predicted octanol–water partition coefficient (Wildman–Crippen LogP) is 0.604. The van der Waals surface area contributed by atoms with E-state index in [4.69, 9.17) is 0 Å². The first-order chi connectivity index (χ1) is 11.8. The lowest BCUT2D eigenvalue weighted by Gasteiger charge is -2.38. The Bertz CT molecular complexity index is 773. The van der Waals surface area contributed by atoms with Gasteiger partial charge >= 0.3 is 0 Å². The summed E-state index contributed by atoms with van der Waals surface area (Å²) in [6, 6.07) is 0.387. The highest BCUT2D eigenvalue weighted by Gasteiger charge is 2.31. The molecule has 2 fully saturated rings. The average Bonchev–Trinajstić information content (AvgIpc) is 3.27. The summed E-state index contributed by atoms with van der Waals surface area (Å²) in [7, 11) is 0. The zero-order valence-electron chi connectivity index (χ0n) is 13.6. The molecule has 2 aromatic heterocycles. The van der Waals surface area contributed by atoms with Crippen molar-refractivity contribution in [2.24, 2.45) is 0 Å². The maximum Gasteiger partial charge on any atom is 0.227 e. The largest absolute Gasteiger partial charge is 0.314 e. The highest BCUT2D eigenvalue weighted by Crippen LogP contribution is 2.27. The summed E-state index contributed by atoms with van der Waals surface area (Å²) in [5.74, 6) is 2.43. The van der Waals surface area contributed by atoms with Gasteiger partial charge in [0.1, 0.15) is 11.6 Å². The molecule has 0 unspecified atom stereocenters. The van der Waals surface area contributed by atoms with Crippen molar-refractivity contribution in [3.05, 3.63) is 24.0 Å². The zero-order chi connectivity index (χ0) is 16.1. The van der Waals surface area contributed by atoms with Crippen molar-refractivity contribution in [3.63, 3.8) is 0 Å². The van der Waals surface area contributed by atoms with Crippen LogP contribution in [0.4, 0.5) is 5.69 Å². The molecule has 2 saturated heterocycles. The second-order valence-corrected chi connectivity index (χ2v) is 6.96. The fourth-order valence-electron chi connectivity index (χ4n) is 3.95. The van der Waals surface area contributed by atoms with E-state index in [-0.39, 0.29) is 5.91 Å². The van der Waals surface area contributed by atoms with E-state index in [0.29, 0.717) is 12.5 Å². The third-order valence-corrected chi connectivity index (χ3v) is 5.34. The van der Waals surface area contributed by atoms with Crippen molar-refractivity contribution in [2.45, 2.75) is 44.8 Å². The van der Waals surface area contributed by atoms with Gasteiger partial charge in [0, 0.05) is 45.2 Å². The van der Waals surface area contributed by atoms with Crippen molar-refractivity contribution in [1.29, 1.82) is 0 Å². The van der Waals surface area contributed by atoms with E-state index < -0.39 is 0 Å². The number of hydrogen-bond acceptors (Lipinski definition) is 5. The molecule has 0 radical (unpaired) electrons. The molecule has 3 aliphatic heterocycles. The Hall–Kier alpha value is -2.22. The number of carbonyl (C=O) groups excluding carboxylic acids is 1. The van der Waals surface area contributed by atoms with Gasteiger partial charge in [-0.2, -0.15) is 5.10 Å². The van der Waals surface area contributed by atoms with Crippen LogP contribution in [0.2, 0.25) is 0 Å². The van der Waals surface area contributed by atoms with Crippen LogP contribution in [0.25, 0.3) is 0 Å². The maximum absolute atomic E-state index is 11.8. The molecule has 0 N–H and O–H groups in total. The van der Waals surface area contributed by atoms with Crippen LogP contribution in [0.3, 0.4) is 0 Å². The number of hydrogen-bond donors (Lipinski definition) is 0. The van der Waals surface area contributed by atoms with Crippen molar-refractivity contribution < 1.29 is 4.79 Å². The number of aromatic nitrogens is 5. The average molecular weight is 327 g/mol. The number of anilines is 1. The van der Waals surface area contributed by atoms with Gasteiger partial charge in [0.25, 0.3) is 0 Å². The molecule has 3 aliphatic rings. The first-order valence-electron chi connectivity index (χ1n) is 8.76. The van der Waals surface area contributed by atoms with Gasteiger partial charge < -0.3 is 9.47 Å². The summed E-state index contributed by atoms with van der Waals surface area (Å²) in [6.07, 6.45) is 7.68. The van der Waals surface area contributed by atoms with Crippen LogP contribution in [-0.2, 0) is 24.3 Å². The minimum atomic E-state index is 0.213. The molecule has 0 spiro atoms. The molecule has 0 bridgehead atoms. The third kappa shape index (κ3) is 2.24. The lowest BCUT2D eigenvalue weighted by Crippen LogP contribution is -2.47. The number of amides is 1. The van der Waals surface area contributed by atoms with Crippen molar-refractivity contribution in [1.82, 2.24) is 29.4 Å². The summed E-state index contributed by atoms with van der Waals surface area (Å²) in [5.41, 5.74) is 0.936. The first kappa shape index (κ1) is 14.2. The molecule has 1 amide bonds. The van der Waals surface area contributed by atoms with Crippen LogP contribution in [0.1, 0.15) is 37.0 Å². The predicted molar refractivity (Wildman–Crippen MR) is 86.5 cm³/mol. The van der Waals surface area contributed by atoms with Crippen LogP contribution >= 0.6 is 0 Å². The quantitative estimate of drug-likeness (QED) is 0.822. The number of carbonyl (C=O) groups is 1. The lowest BCUT2D eigenvalue weighted by atomic mass is 10.1. The standard InChI is InChI=1S/C16H21N7O/c24-16-4-2-5-21(16)12-7-17-23(10-12)13-8-20(9-13)11-15-19-18-14-3-1-6-22(14)15/h7,10,13H,1-6,8-9,11H2. The van der Waals surface area contributed by atoms with Gasteiger partial charge in [-0.15, -0.1) is 10.2 Å². The van der Waals surface area contributed by atoms with Crippen LogP contribution in [0, 0.1) is 0 Å². The molecule has 8 heteroatoms. The van der Waals surface area contributed by atoms with Crippen LogP contribution < -0.4 is 4.90 Å². The van der Waals surface area contributed by atoms with Gasteiger partial charge in [-0.05, 0) is 12.8 Å². The first-order valence-corrected chi connectivity index (χ1v) is 8.76. The second kappa shape index (κ2) is 5.41. The molecule has 0 aromatic carbocycles. The molecule has 0 aliphatic carbocycles. The summed E-state index contributed by atoms with van der Waals surface area (Å²) in [6.45, 7) is 4.68. The Morgan fingerprint density at radius 2 is 2.00 bits per heavy atom. The van der Waals surface area contributed by atoms with E-state index in [9.17, 15) is 4.79 Å².